The predicted molar refractivity (Wildman–Crippen MR) is 55.2 cm³/mol. The van der Waals surface area contributed by atoms with E-state index in [1.807, 2.05) is 36.1 Å². The highest BCUT2D eigenvalue weighted by Crippen LogP contribution is 2.12. The molecule has 1 aromatic carbocycles. The van der Waals surface area contributed by atoms with E-state index in [2.05, 4.69) is 6.33 Å². The van der Waals surface area contributed by atoms with Gasteiger partial charge in [0.1, 0.15) is 5.82 Å². The molecule has 2 aromatic rings. The van der Waals surface area contributed by atoms with E-state index in [4.69, 9.17) is 0 Å². The van der Waals surface area contributed by atoms with E-state index in [0.29, 0.717) is 0 Å². The summed E-state index contributed by atoms with van der Waals surface area (Å²) >= 11 is 0. The van der Waals surface area contributed by atoms with Crippen molar-refractivity contribution in [3.8, 4) is 5.69 Å². The number of hydrogen-bond acceptors (Lipinski definition) is 0. The second-order valence-electron chi connectivity index (χ2n) is 3.65. The van der Waals surface area contributed by atoms with E-state index in [1.165, 1.54) is 12.1 Å². The lowest BCUT2D eigenvalue weighted by Gasteiger charge is -2.05. The van der Waals surface area contributed by atoms with Gasteiger partial charge >= 0.3 is 0 Å². The SMILES string of the molecule is Cc1c(C)[n+](C)[c-]n1-c1cccc(F)c1. The lowest BCUT2D eigenvalue weighted by atomic mass is 10.3. The molecule has 2 nitrogen and oxygen atoms in total. The first-order valence-corrected chi connectivity index (χ1v) is 4.83. The van der Waals surface area contributed by atoms with Crippen molar-refractivity contribution in [3.63, 3.8) is 0 Å². The Labute approximate surface area is 88.6 Å². The Morgan fingerprint density at radius 1 is 1.33 bits per heavy atom. The van der Waals surface area contributed by atoms with Crippen LogP contribution in [0.4, 0.5) is 4.39 Å². The second-order valence-corrected chi connectivity index (χ2v) is 3.65. The maximum atomic E-state index is 13.1. The number of aromatic nitrogens is 2. The molecule has 1 aromatic heterocycles. The largest absolute Gasteiger partial charge is 0.323 e. The molecule has 0 saturated heterocycles. The van der Waals surface area contributed by atoms with Crippen LogP contribution in [0.25, 0.3) is 5.69 Å². The van der Waals surface area contributed by atoms with Crippen LogP contribution in [0.5, 0.6) is 0 Å². The summed E-state index contributed by atoms with van der Waals surface area (Å²) in [6.07, 6.45) is 3.12. The highest BCUT2D eigenvalue weighted by molar-refractivity contribution is 5.33. The van der Waals surface area contributed by atoms with Gasteiger partial charge in [-0.3, -0.25) is 0 Å². The molecule has 0 aliphatic carbocycles. The zero-order valence-electron chi connectivity index (χ0n) is 9.08. The molecule has 15 heavy (non-hydrogen) atoms. The lowest BCUT2D eigenvalue weighted by Crippen LogP contribution is -2.29. The Morgan fingerprint density at radius 2 is 2.07 bits per heavy atom. The number of imidazole rings is 1. The molecule has 0 radical (unpaired) electrons. The molecule has 3 heteroatoms. The lowest BCUT2D eigenvalue weighted by molar-refractivity contribution is -0.681. The average Bonchev–Trinajstić information content (AvgIpc) is 2.46. The fourth-order valence-corrected chi connectivity index (χ4v) is 1.57. The summed E-state index contributed by atoms with van der Waals surface area (Å²) in [4.78, 5) is 0. The second kappa shape index (κ2) is 3.50. The maximum absolute atomic E-state index is 13.1. The molecule has 0 bridgehead atoms. The van der Waals surface area contributed by atoms with Crippen LogP contribution in [0, 0.1) is 26.0 Å². The van der Waals surface area contributed by atoms with Gasteiger partial charge in [0, 0.05) is 11.4 Å². The standard InChI is InChI=1S/C12H13FN2/c1-9-10(2)15(8-14(9)3)12-6-4-5-11(13)7-12/h4-7H,1-3H3. The van der Waals surface area contributed by atoms with E-state index >= 15 is 0 Å². The first kappa shape index (κ1) is 9.90. The Hall–Kier alpha value is -1.64. The quantitative estimate of drug-likeness (QED) is 0.495. The van der Waals surface area contributed by atoms with Crippen LogP contribution in [0.2, 0.25) is 0 Å². The smallest absolute Gasteiger partial charge is 0.243 e. The van der Waals surface area contributed by atoms with Gasteiger partial charge in [-0.05, 0) is 26.0 Å². The van der Waals surface area contributed by atoms with Crippen LogP contribution < -0.4 is 4.57 Å². The molecule has 0 aliphatic heterocycles. The topological polar surface area (TPSA) is 8.81 Å². The van der Waals surface area contributed by atoms with Crippen molar-refractivity contribution in [1.82, 2.24) is 4.57 Å². The number of benzene rings is 1. The third kappa shape index (κ3) is 1.65. The normalized spacial score (nSPS) is 10.7. The molecule has 2 rings (SSSR count). The summed E-state index contributed by atoms with van der Waals surface area (Å²) in [6.45, 7) is 4.01. The fraction of sp³-hybridized carbons (Fsp3) is 0.250. The van der Waals surface area contributed by atoms with E-state index in [-0.39, 0.29) is 5.82 Å². The van der Waals surface area contributed by atoms with Crippen molar-refractivity contribution >= 4 is 0 Å². The number of hydrogen-bond donors (Lipinski definition) is 0. The van der Waals surface area contributed by atoms with E-state index in [1.54, 1.807) is 6.07 Å². The molecule has 0 saturated carbocycles. The van der Waals surface area contributed by atoms with Crippen LogP contribution in [-0.4, -0.2) is 4.57 Å². The Balaban J connectivity index is 2.59. The van der Waals surface area contributed by atoms with Crippen LogP contribution in [0.1, 0.15) is 11.4 Å². The Kier molecular flexibility index (Phi) is 2.31. The monoisotopic (exact) mass is 204 g/mol. The summed E-state index contributed by atoms with van der Waals surface area (Å²) in [5.74, 6) is -0.227. The van der Waals surface area contributed by atoms with Crippen molar-refractivity contribution in [2.24, 2.45) is 7.05 Å². The molecular weight excluding hydrogens is 191 g/mol. The molecule has 0 fully saturated rings. The van der Waals surface area contributed by atoms with Gasteiger partial charge in [-0.25, -0.2) is 4.39 Å². The molecule has 1 heterocycles. The molecule has 0 N–H and O–H groups in total. The molecule has 0 atom stereocenters. The third-order valence-electron chi connectivity index (χ3n) is 2.68. The third-order valence-corrected chi connectivity index (χ3v) is 2.68. The average molecular weight is 204 g/mol. The first-order chi connectivity index (χ1) is 7.09. The van der Waals surface area contributed by atoms with E-state index in [9.17, 15) is 4.39 Å². The van der Waals surface area contributed by atoms with Gasteiger partial charge in [-0.15, -0.1) is 0 Å². The highest BCUT2D eigenvalue weighted by Gasteiger charge is 2.06. The zero-order valence-corrected chi connectivity index (χ0v) is 9.08. The highest BCUT2D eigenvalue weighted by atomic mass is 19.1. The fourth-order valence-electron chi connectivity index (χ4n) is 1.57. The number of nitrogens with zero attached hydrogens (tertiary/aromatic N) is 2. The van der Waals surface area contributed by atoms with Gasteiger partial charge in [0.15, 0.2) is 0 Å². The van der Waals surface area contributed by atoms with E-state index in [0.717, 1.165) is 17.1 Å². The van der Waals surface area contributed by atoms with E-state index < -0.39 is 0 Å². The van der Waals surface area contributed by atoms with Gasteiger partial charge < -0.3 is 9.13 Å². The van der Waals surface area contributed by atoms with Crippen LogP contribution in [0.15, 0.2) is 24.3 Å². The van der Waals surface area contributed by atoms with Gasteiger partial charge in [0.05, 0.1) is 12.7 Å². The Bertz CT molecular complexity index is 500. The summed E-state index contributed by atoms with van der Waals surface area (Å²) < 4.78 is 16.8. The van der Waals surface area contributed by atoms with Crippen LogP contribution in [-0.2, 0) is 7.05 Å². The summed E-state index contributed by atoms with van der Waals surface area (Å²) in [6, 6.07) is 6.51. The van der Waals surface area contributed by atoms with Crippen molar-refractivity contribution < 1.29 is 8.96 Å². The van der Waals surface area contributed by atoms with Crippen molar-refractivity contribution in [2.45, 2.75) is 13.8 Å². The van der Waals surface area contributed by atoms with Crippen molar-refractivity contribution in [2.75, 3.05) is 0 Å². The number of aryl methyl sites for hydroxylation is 1. The number of halogens is 1. The molecule has 0 spiro atoms. The number of rotatable bonds is 1. The molecular formula is C12H13FN2. The Morgan fingerprint density at radius 3 is 2.60 bits per heavy atom. The van der Waals surface area contributed by atoms with Crippen molar-refractivity contribution in [3.05, 3.63) is 47.8 Å². The van der Waals surface area contributed by atoms with Gasteiger partial charge in [0.2, 0.25) is 6.33 Å². The van der Waals surface area contributed by atoms with Crippen molar-refractivity contribution in [1.29, 1.82) is 0 Å². The summed E-state index contributed by atoms with van der Waals surface area (Å²) in [5, 5.41) is 0. The molecule has 78 valence electrons. The zero-order chi connectivity index (χ0) is 11.0. The minimum absolute atomic E-state index is 0.227. The van der Waals surface area contributed by atoms with Gasteiger partial charge in [-0.2, -0.15) is 0 Å². The first-order valence-electron chi connectivity index (χ1n) is 4.83. The molecule has 0 amide bonds. The molecule has 0 aliphatic rings. The van der Waals surface area contributed by atoms with Gasteiger partial charge in [0.25, 0.3) is 0 Å². The van der Waals surface area contributed by atoms with Crippen LogP contribution >= 0.6 is 0 Å². The summed E-state index contributed by atoms with van der Waals surface area (Å²) in [5.41, 5.74) is 3.00. The molecule has 0 unspecified atom stereocenters. The predicted octanol–water partition coefficient (Wildman–Crippen LogP) is 1.86. The summed E-state index contributed by atoms with van der Waals surface area (Å²) in [7, 11) is 1.93. The maximum Gasteiger partial charge on any atom is 0.243 e. The minimum Gasteiger partial charge on any atom is -0.323 e. The van der Waals surface area contributed by atoms with Crippen LogP contribution in [0.3, 0.4) is 0 Å². The van der Waals surface area contributed by atoms with Gasteiger partial charge in [-0.1, -0.05) is 12.1 Å². The minimum atomic E-state index is -0.227.